The molecular weight excluding hydrogens is 356 g/mol. The van der Waals surface area contributed by atoms with Crippen molar-refractivity contribution in [1.82, 2.24) is 15.0 Å². The number of hydrogen-bond donors (Lipinski definition) is 2. The van der Waals surface area contributed by atoms with Crippen LogP contribution in [0, 0.1) is 17.0 Å². The van der Waals surface area contributed by atoms with Gasteiger partial charge in [-0.05, 0) is 36.2 Å². The molecule has 8 nitrogen and oxygen atoms in total. The van der Waals surface area contributed by atoms with Crippen LogP contribution >= 0.6 is 11.6 Å². The molecule has 0 spiro atoms. The van der Waals surface area contributed by atoms with Gasteiger partial charge >= 0.3 is 5.69 Å². The fraction of sp³-hybridized carbons (Fsp3) is 0.118. The van der Waals surface area contributed by atoms with Crippen LogP contribution in [0.3, 0.4) is 0 Å². The van der Waals surface area contributed by atoms with Gasteiger partial charge in [0.15, 0.2) is 0 Å². The second-order valence-electron chi connectivity index (χ2n) is 5.48. The molecule has 0 radical (unpaired) electrons. The van der Waals surface area contributed by atoms with Crippen LogP contribution in [0.2, 0.25) is 5.02 Å². The third-order valence-corrected chi connectivity index (χ3v) is 3.88. The van der Waals surface area contributed by atoms with Gasteiger partial charge in [-0.3, -0.25) is 15.1 Å². The Morgan fingerprint density at radius 1 is 1.23 bits per heavy atom. The van der Waals surface area contributed by atoms with Crippen molar-refractivity contribution in [2.24, 2.45) is 0 Å². The lowest BCUT2D eigenvalue weighted by Crippen LogP contribution is -2.08. The summed E-state index contributed by atoms with van der Waals surface area (Å²) in [5, 5.41) is 18.1. The Labute approximate surface area is 154 Å². The Kier molecular flexibility index (Phi) is 5.23. The molecule has 0 amide bonds. The van der Waals surface area contributed by atoms with Crippen LogP contribution in [-0.2, 0) is 6.54 Å². The number of rotatable bonds is 6. The minimum Gasteiger partial charge on any atom is -0.360 e. The number of nitrogens with one attached hydrogen (secondary N) is 2. The molecule has 3 rings (SSSR count). The number of nitrogens with zero attached hydrogens (tertiary/aromatic N) is 4. The first-order chi connectivity index (χ1) is 12.5. The van der Waals surface area contributed by atoms with E-state index in [2.05, 4.69) is 25.6 Å². The molecule has 1 aromatic carbocycles. The highest BCUT2D eigenvalue weighted by Crippen LogP contribution is 2.33. The molecule has 2 N–H and O–H groups in total. The van der Waals surface area contributed by atoms with Gasteiger partial charge in [-0.2, -0.15) is 0 Å². The first-order valence-corrected chi connectivity index (χ1v) is 8.07. The van der Waals surface area contributed by atoms with Gasteiger partial charge in [0.2, 0.25) is 11.6 Å². The topological polar surface area (TPSA) is 106 Å². The van der Waals surface area contributed by atoms with Crippen molar-refractivity contribution < 1.29 is 4.92 Å². The van der Waals surface area contributed by atoms with Crippen molar-refractivity contribution >= 4 is 34.6 Å². The monoisotopic (exact) mass is 370 g/mol. The summed E-state index contributed by atoms with van der Waals surface area (Å²) >= 11 is 6.01. The van der Waals surface area contributed by atoms with Crippen molar-refractivity contribution in [2.45, 2.75) is 13.5 Å². The number of aromatic nitrogens is 3. The second-order valence-corrected chi connectivity index (χ2v) is 5.91. The molecule has 3 aromatic rings. The Morgan fingerprint density at radius 3 is 2.77 bits per heavy atom. The molecule has 2 heterocycles. The van der Waals surface area contributed by atoms with E-state index in [1.165, 1.54) is 6.33 Å². The Balaban J connectivity index is 1.91. The van der Waals surface area contributed by atoms with E-state index in [1.54, 1.807) is 30.6 Å². The zero-order valence-corrected chi connectivity index (χ0v) is 14.6. The van der Waals surface area contributed by atoms with Crippen molar-refractivity contribution in [3.63, 3.8) is 0 Å². The lowest BCUT2D eigenvalue weighted by molar-refractivity contribution is -0.383. The number of anilines is 3. The molecule has 0 aliphatic heterocycles. The fourth-order valence-corrected chi connectivity index (χ4v) is 2.49. The maximum absolute atomic E-state index is 11.6. The lowest BCUT2D eigenvalue weighted by atomic mass is 10.2. The first kappa shape index (κ1) is 17.6. The number of hydrogen-bond acceptors (Lipinski definition) is 7. The SMILES string of the molecule is Cc1ccc(Cl)cc1Nc1ncnc(NCc2cccnc2)c1[N+](=O)[O-]. The van der Waals surface area contributed by atoms with Crippen LogP contribution < -0.4 is 10.6 Å². The van der Waals surface area contributed by atoms with Crippen LogP contribution in [0.1, 0.15) is 11.1 Å². The van der Waals surface area contributed by atoms with Gasteiger partial charge in [-0.15, -0.1) is 0 Å². The minimum absolute atomic E-state index is 0.0871. The molecule has 0 aliphatic carbocycles. The van der Waals surface area contributed by atoms with Gasteiger partial charge in [-0.25, -0.2) is 9.97 Å². The summed E-state index contributed by atoms with van der Waals surface area (Å²) < 4.78 is 0. The van der Waals surface area contributed by atoms with E-state index in [1.807, 2.05) is 19.1 Å². The summed E-state index contributed by atoms with van der Waals surface area (Å²) in [5.41, 5.74) is 2.15. The van der Waals surface area contributed by atoms with Crippen molar-refractivity contribution in [2.75, 3.05) is 10.6 Å². The van der Waals surface area contributed by atoms with E-state index in [0.717, 1.165) is 11.1 Å². The quantitative estimate of drug-likeness (QED) is 0.497. The van der Waals surface area contributed by atoms with Crippen molar-refractivity contribution in [1.29, 1.82) is 0 Å². The van der Waals surface area contributed by atoms with Crippen LogP contribution in [0.4, 0.5) is 23.0 Å². The van der Waals surface area contributed by atoms with Gasteiger partial charge in [0.25, 0.3) is 0 Å². The van der Waals surface area contributed by atoms with E-state index in [9.17, 15) is 10.1 Å². The zero-order chi connectivity index (χ0) is 18.5. The van der Waals surface area contributed by atoms with Gasteiger partial charge in [0, 0.05) is 29.6 Å². The average Bonchev–Trinajstić information content (AvgIpc) is 2.63. The Bertz CT molecular complexity index is 936. The number of nitro groups is 1. The highest BCUT2D eigenvalue weighted by Gasteiger charge is 2.23. The molecule has 132 valence electrons. The zero-order valence-electron chi connectivity index (χ0n) is 13.8. The summed E-state index contributed by atoms with van der Waals surface area (Å²) in [7, 11) is 0. The molecule has 0 atom stereocenters. The number of pyridine rings is 1. The third kappa shape index (κ3) is 4.04. The summed E-state index contributed by atoms with van der Waals surface area (Å²) in [6.45, 7) is 2.22. The summed E-state index contributed by atoms with van der Waals surface area (Å²) in [4.78, 5) is 23.1. The summed E-state index contributed by atoms with van der Waals surface area (Å²) in [6, 6.07) is 8.91. The largest absolute Gasteiger partial charge is 0.360 e. The van der Waals surface area contributed by atoms with Gasteiger partial charge < -0.3 is 10.6 Å². The molecule has 2 aromatic heterocycles. The summed E-state index contributed by atoms with van der Waals surface area (Å²) in [5.74, 6) is 0.208. The Hall–Kier alpha value is -3.26. The van der Waals surface area contributed by atoms with Crippen LogP contribution in [0.5, 0.6) is 0 Å². The third-order valence-electron chi connectivity index (χ3n) is 3.64. The van der Waals surface area contributed by atoms with E-state index in [-0.39, 0.29) is 17.3 Å². The smallest absolute Gasteiger partial charge is 0.353 e. The highest BCUT2D eigenvalue weighted by atomic mass is 35.5. The predicted molar refractivity (Wildman–Crippen MR) is 99.7 cm³/mol. The van der Waals surface area contributed by atoms with Crippen molar-refractivity contribution in [3.8, 4) is 0 Å². The molecular formula is C17H15ClN6O2. The van der Waals surface area contributed by atoms with Gasteiger partial charge in [0.05, 0.1) is 4.92 Å². The highest BCUT2D eigenvalue weighted by molar-refractivity contribution is 6.30. The standard InChI is InChI=1S/C17H15ClN6O2/c1-11-4-5-13(18)7-14(11)23-17-15(24(25)26)16(21-10-22-17)20-9-12-3-2-6-19-8-12/h2-8,10H,9H2,1H3,(H2,20,21,22,23). The maximum atomic E-state index is 11.6. The molecule has 9 heteroatoms. The number of aryl methyl sites for hydroxylation is 1. The molecule has 0 unspecified atom stereocenters. The minimum atomic E-state index is -0.520. The average molecular weight is 371 g/mol. The van der Waals surface area contributed by atoms with Gasteiger partial charge in [0.1, 0.15) is 6.33 Å². The van der Waals surface area contributed by atoms with Crippen LogP contribution in [-0.4, -0.2) is 19.9 Å². The molecule has 26 heavy (non-hydrogen) atoms. The normalized spacial score (nSPS) is 10.4. The predicted octanol–water partition coefficient (Wildman–Crippen LogP) is 4.10. The van der Waals surface area contributed by atoms with Crippen LogP contribution in [0.25, 0.3) is 0 Å². The summed E-state index contributed by atoms with van der Waals surface area (Å²) in [6.07, 6.45) is 4.60. The number of halogens is 1. The van der Waals surface area contributed by atoms with E-state index < -0.39 is 4.92 Å². The second kappa shape index (κ2) is 7.75. The van der Waals surface area contributed by atoms with E-state index >= 15 is 0 Å². The number of benzene rings is 1. The first-order valence-electron chi connectivity index (χ1n) is 7.70. The van der Waals surface area contributed by atoms with Crippen molar-refractivity contribution in [3.05, 3.63) is 75.3 Å². The van der Waals surface area contributed by atoms with Crippen LogP contribution in [0.15, 0.2) is 49.1 Å². The molecule has 0 saturated heterocycles. The fourth-order valence-electron chi connectivity index (χ4n) is 2.32. The van der Waals surface area contributed by atoms with E-state index in [4.69, 9.17) is 11.6 Å². The molecule has 0 aliphatic rings. The van der Waals surface area contributed by atoms with Gasteiger partial charge in [-0.1, -0.05) is 23.7 Å². The van der Waals surface area contributed by atoms with E-state index in [0.29, 0.717) is 17.3 Å². The maximum Gasteiger partial charge on any atom is 0.353 e. The molecule has 0 bridgehead atoms. The molecule has 0 saturated carbocycles. The lowest BCUT2D eigenvalue weighted by Gasteiger charge is -2.12. The Morgan fingerprint density at radius 2 is 2.04 bits per heavy atom. The molecule has 0 fully saturated rings.